The molecule has 0 fully saturated rings. The molecule has 0 spiro atoms. The highest BCUT2D eigenvalue weighted by Crippen LogP contribution is 2.58. The van der Waals surface area contributed by atoms with E-state index in [1.165, 1.54) is 34.2 Å². The molecule has 2 aromatic carbocycles. The molecule has 132 valence electrons. The summed E-state index contributed by atoms with van der Waals surface area (Å²) in [6.45, 7) is 6.90. The molecule has 0 N–H and O–H groups in total. The van der Waals surface area contributed by atoms with E-state index >= 15 is 0 Å². The summed E-state index contributed by atoms with van der Waals surface area (Å²) in [4.78, 5) is 0. The first-order valence-corrected chi connectivity index (χ1v) is 9.78. The molecular weight excluding hydrogens is 312 g/mol. The van der Waals surface area contributed by atoms with Gasteiger partial charge in [-0.1, -0.05) is 91.4 Å². The molecule has 0 saturated carbocycles. The average molecular weight is 341 g/mol. The minimum atomic E-state index is 0.165. The normalized spacial score (nSPS) is 17.8. The highest BCUT2D eigenvalue weighted by atomic mass is 14.5. The Kier molecular flexibility index (Phi) is 4.44. The van der Waals surface area contributed by atoms with E-state index < -0.39 is 0 Å². The lowest BCUT2D eigenvalue weighted by Crippen LogP contribution is -2.31. The molecule has 0 aromatic heterocycles. The fraction of sp³-hybridized carbons (Fsp3) is 0.308. The lowest BCUT2D eigenvalue weighted by atomic mass is 9.62. The van der Waals surface area contributed by atoms with Crippen LogP contribution in [0.25, 0.3) is 11.1 Å². The highest BCUT2D eigenvalue weighted by molar-refractivity contribution is 5.79. The SMILES string of the molecule is CC(C)=CCCC(C)(C1C=CC=C1)C1c2ccccc2-c2ccccc21. The van der Waals surface area contributed by atoms with Crippen molar-refractivity contribution in [1.29, 1.82) is 0 Å². The van der Waals surface area contributed by atoms with Crippen molar-refractivity contribution in [2.75, 3.05) is 0 Å². The van der Waals surface area contributed by atoms with Crippen molar-refractivity contribution in [2.24, 2.45) is 11.3 Å². The van der Waals surface area contributed by atoms with Gasteiger partial charge in [-0.3, -0.25) is 0 Å². The molecule has 4 rings (SSSR count). The van der Waals surface area contributed by atoms with Crippen LogP contribution < -0.4 is 0 Å². The van der Waals surface area contributed by atoms with Crippen LogP contribution in [0.5, 0.6) is 0 Å². The fourth-order valence-corrected chi connectivity index (χ4v) is 4.91. The maximum atomic E-state index is 2.50. The minimum Gasteiger partial charge on any atom is -0.0859 e. The maximum Gasteiger partial charge on any atom is 0.0164 e. The van der Waals surface area contributed by atoms with E-state index in [4.69, 9.17) is 0 Å². The van der Waals surface area contributed by atoms with Crippen LogP contribution >= 0.6 is 0 Å². The monoisotopic (exact) mass is 340 g/mol. The van der Waals surface area contributed by atoms with Gasteiger partial charge in [0.15, 0.2) is 0 Å². The Balaban J connectivity index is 1.84. The lowest BCUT2D eigenvalue weighted by molar-refractivity contribution is 0.214. The quantitative estimate of drug-likeness (QED) is 0.501. The molecule has 0 bridgehead atoms. The summed E-state index contributed by atoms with van der Waals surface area (Å²) in [5, 5.41) is 0. The van der Waals surface area contributed by atoms with Gasteiger partial charge in [0.2, 0.25) is 0 Å². The first-order chi connectivity index (χ1) is 12.6. The zero-order chi connectivity index (χ0) is 18.1. The Morgan fingerprint density at radius 2 is 1.42 bits per heavy atom. The number of benzene rings is 2. The van der Waals surface area contributed by atoms with Gasteiger partial charge >= 0.3 is 0 Å². The number of fused-ring (bicyclic) bond motifs is 3. The van der Waals surface area contributed by atoms with E-state index in [0.717, 1.165) is 6.42 Å². The Morgan fingerprint density at radius 1 is 0.885 bits per heavy atom. The van der Waals surface area contributed by atoms with Crippen LogP contribution in [-0.4, -0.2) is 0 Å². The molecule has 0 saturated heterocycles. The van der Waals surface area contributed by atoms with E-state index in [0.29, 0.717) is 11.8 Å². The number of rotatable bonds is 5. The van der Waals surface area contributed by atoms with Crippen LogP contribution in [0.3, 0.4) is 0 Å². The van der Waals surface area contributed by atoms with Crippen LogP contribution in [0.2, 0.25) is 0 Å². The van der Waals surface area contributed by atoms with Crippen LogP contribution in [0, 0.1) is 11.3 Å². The second-order valence-electron chi connectivity index (χ2n) is 8.23. The third-order valence-electron chi connectivity index (χ3n) is 6.24. The first kappa shape index (κ1) is 17.1. The van der Waals surface area contributed by atoms with Crippen molar-refractivity contribution in [1.82, 2.24) is 0 Å². The number of hydrogen-bond acceptors (Lipinski definition) is 0. The van der Waals surface area contributed by atoms with Gasteiger partial charge in [0.25, 0.3) is 0 Å². The molecule has 2 aromatic rings. The molecule has 2 aliphatic carbocycles. The van der Waals surface area contributed by atoms with Gasteiger partial charge in [-0.25, -0.2) is 0 Å². The number of hydrogen-bond donors (Lipinski definition) is 0. The summed E-state index contributed by atoms with van der Waals surface area (Å²) in [7, 11) is 0. The zero-order valence-electron chi connectivity index (χ0n) is 16.1. The topological polar surface area (TPSA) is 0 Å². The van der Waals surface area contributed by atoms with Crippen LogP contribution in [0.4, 0.5) is 0 Å². The third-order valence-corrected chi connectivity index (χ3v) is 6.24. The van der Waals surface area contributed by atoms with E-state index in [9.17, 15) is 0 Å². The Morgan fingerprint density at radius 3 is 1.96 bits per heavy atom. The molecule has 1 unspecified atom stereocenters. The highest BCUT2D eigenvalue weighted by Gasteiger charge is 2.45. The maximum absolute atomic E-state index is 2.50. The largest absolute Gasteiger partial charge is 0.0859 e. The second kappa shape index (κ2) is 6.76. The summed E-state index contributed by atoms with van der Waals surface area (Å²) in [5.41, 5.74) is 7.43. The van der Waals surface area contributed by atoms with Crippen molar-refractivity contribution >= 4 is 0 Å². The van der Waals surface area contributed by atoms with Crippen molar-refractivity contribution in [2.45, 2.75) is 39.5 Å². The van der Waals surface area contributed by atoms with Crippen molar-refractivity contribution in [3.05, 3.63) is 95.6 Å². The fourth-order valence-electron chi connectivity index (χ4n) is 4.91. The predicted octanol–water partition coefficient (Wildman–Crippen LogP) is 7.29. The molecule has 0 radical (unpaired) electrons. The van der Waals surface area contributed by atoms with Crippen molar-refractivity contribution < 1.29 is 0 Å². The Hall–Kier alpha value is -2.34. The van der Waals surface area contributed by atoms with Crippen LogP contribution in [-0.2, 0) is 0 Å². The summed E-state index contributed by atoms with van der Waals surface area (Å²) in [5.74, 6) is 0.926. The molecule has 0 heterocycles. The van der Waals surface area contributed by atoms with Gasteiger partial charge in [0.05, 0.1) is 0 Å². The predicted molar refractivity (Wildman–Crippen MR) is 112 cm³/mol. The van der Waals surface area contributed by atoms with Crippen molar-refractivity contribution in [3.63, 3.8) is 0 Å². The van der Waals surface area contributed by atoms with E-state index in [1.807, 2.05) is 0 Å². The molecule has 2 aliphatic rings. The molecule has 0 heteroatoms. The van der Waals surface area contributed by atoms with E-state index in [-0.39, 0.29) is 5.41 Å². The number of allylic oxidation sites excluding steroid dienone is 6. The zero-order valence-corrected chi connectivity index (χ0v) is 16.1. The standard InChI is InChI=1S/C26H28/c1-19(2)11-10-18-26(3,20-12-4-5-13-20)25-23-16-8-6-14-21(23)22-15-7-9-17-24(22)25/h4-9,11-17,20,25H,10,18H2,1-3H3. The smallest absolute Gasteiger partial charge is 0.0164 e. The lowest BCUT2D eigenvalue weighted by Gasteiger charge is -2.41. The molecular formula is C26H28. The van der Waals surface area contributed by atoms with Gasteiger partial charge in [0, 0.05) is 11.8 Å². The Bertz CT molecular complexity index is 834. The molecule has 26 heavy (non-hydrogen) atoms. The summed E-state index contributed by atoms with van der Waals surface area (Å²) >= 11 is 0. The van der Waals surface area contributed by atoms with Gasteiger partial charge in [-0.15, -0.1) is 0 Å². The van der Waals surface area contributed by atoms with Gasteiger partial charge in [0.1, 0.15) is 0 Å². The molecule has 0 aliphatic heterocycles. The second-order valence-corrected chi connectivity index (χ2v) is 8.23. The molecule has 0 nitrogen and oxygen atoms in total. The average Bonchev–Trinajstić information content (AvgIpc) is 3.28. The van der Waals surface area contributed by atoms with E-state index in [1.54, 1.807) is 0 Å². The molecule has 1 atom stereocenters. The minimum absolute atomic E-state index is 0.165. The first-order valence-electron chi connectivity index (χ1n) is 9.78. The van der Waals surface area contributed by atoms with Crippen LogP contribution in [0.1, 0.15) is 50.7 Å². The summed E-state index contributed by atoms with van der Waals surface area (Å²) in [6.07, 6.45) is 13.9. The van der Waals surface area contributed by atoms with Gasteiger partial charge < -0.3 is 0 Å². The van der Waals surface area contributed by atoms with Gasteiger partial charge in [-0.05, 0) is 54.4 Å². The van der Waals surface area contributed by atoms with E-state index in [2.05, 4.69) is 99.7 Å². The summed E-state index contributed by atoms with van der Waals surface area (Å²) < 4.78 is 0. The Labute approximate surface area is 158 Å². The summed E-state index contributed by atoms with van der Waals surface area (Å²) in [6, 6.07) is 18.0. The van der Waals surface area contributed by atoms with Gasteiger partial charge in [-0.2, -0.15) is 0 Å². The van der Waals surface area contributed by atoms with Crippen molar-refractivity contribution in [3.8, 4) is 11.1 Å². The van der Waals surface area contributed by atoms with Crippen LogP contribution in [0.15, 0.2) is 84.5 Å². The third kappa shape index (κ3) is 2.78. The molecule has 0 amide bonds.